The summed E-state index contributed by atoms with van der Waals surface area (Å²) in [5.74, 6) is 0.925. The van der Waals surface area contributed by atoms with Crippen LogP contribution in [0.15, 0.2) is 39.4 Å². The Morgan fingerprint density at radius 3 is 2.57 bits per heavy atom. The quantitative estimate of drug-likeness (QED) is 0.605. The number of nitrogens with zero attached hydrogens (tertiary/aromatic N) is 2. The molecule has 2 rings (SSSR count). The lowest BCUT2D eigenvalue weighted by atomic mass is 10.3. The van der Waals surface area contributed by atoms with E-state index < -0.39 is 20.7 Å². The largest absolute Gasteiger partial charge is 0.223 e. The van der Waals surface area contributed by atoms with Gasteiger partial charge in [0, 0.05) is 5.02 Å². The molecule has 116 valence electrons. The van der Waals surface area contributed by atoms with Gasteiger partial charge < -0.3 is 0 Å². The maximum absolute atomic E-state index is 12.4. The van der Waals surface area contributed by atoms with Crippen LogP contribution in [0.3, 0.4) is 0 Å². The number of hydrogen-bond acceptors (Lipinski definition) is 4. The zero-order valence-electron chi connectivity index (χ0n) is 11.9. The Kier molecular flexibility index (Phi) is 5.84. The minimum absolute atomic E-state index is 0.0491. The highest BCUT2D eigenvalue weighted by Crippen LogP contribution is 2.32. The molecule has 7 heteroatoms. The molecule has 1 heterocycles. The topological polar surface area (TPSA) is 58.9 Å². The maximum Gasteiger partial charge on any atom is 0.184 e. The standard InChI is InChI=1S/C14H19ClN2O2S2/c1-2-3-4-9-20-11-16-17-14(20)10-21(18,19)13-7-5-12(15)6-8-13/h5-8,11,20H,2-4,9-10H2,1H3. The highest BCUT2D eigenvalue weighted by Gasteiger charge is 2.23. The van der Waals surface area contributed by atoms with E-state index in [-0.39, 0.29) is 10.6 Å². The van der Waals surface area contributed by atoms with Gasteiger partial charge in [-0.1, -0.05) is 31.4 Å². The van der Waals surface area contributed by atoms with Crippen molar-refractivity contribution in [1.82, 2.24) is 0 Å². The number of unbranched alkanes of at least 4 members (excludes halogenated alkanes) is 2. The van der Waals surface area contributed by atoms with E-state index in [1.807, 2.05) is 5.55 Å². The predicted molar refractivity (Wildman–Crippen MR) is 92.8 cm³/mol. The van der Waals surface area contributed by atoms with Gasteiger partial charge in [0.1, 0.15) is 5.75 Å². The molecule has 0 fully saturated rings. The lowest BCUT2D eigenvalue weighted by molar-refractivity contribution is 0.600. The monoisotopic (exact) mass is 346 g/mol. The van der Waals surface area contributed by atoms with Crippen LogP contribution in [0.1, 0.15) is 26.2 Å². The molecule has 0 spiro atoms. The molecular formula is C14H19ClN2O2S2. The van der Waals surface area contributed by atoms with Crippen molar-refractivity contribution in [1.29, 1.82) is 0 Å². The van der Waals surface area contributed by atoms with Crippen molar-refractivity contribution < 1.29 is 8.42 Å². The third-order valence-corrected chi connectivity index (χ3v) is 7.39. The summed E-state index contributed by atoms with van der Waals surface area (Å²) in [5.41, 5.74) is 1.82. The van der Waals surface area contributed by atoms with Gasteiger partial charge in [-0.15, -0.1) is 5.10 Å². The van der Waals surface area contributed by atoms with Gasteiger partial charge in [0.05, 0.1) is 15.5 Å². The molecule has 0 saturated carbocycles. The molecule has 0 amide bonds. The first kappa shape index (κ1) is 16.5. The van der Waals surface area contributed by atoms with Crippen molar-refractivity contribution in [2.24, 2.45) is 10.2 Å². The average molecular weight is 347 g/mol. The van der Waals surface area contributed by atoms with E-state index in [2.05, 4.69) is 17.1 Å². The molecule has 0 aliphatic carbocycles. The SMILES string of the molecule is CCCCC[SH]1C=NN=C1CS(=O)(=O)c1ccc(Cl)cc1. The van der Waals surface area contributed by atoms with Gasteiger partial charge in [0.2, 0.25) is 0 Å². The minimum atomic E-state index is -3.38. The zero-order valence-corrected chi connectivity index (χ0v) is 14.3. The summed E-state index contributed by atoms with van der Waals surface area (Å²) in [6.07, 6.45) is 3.40. The third-order valence-electron chi connectivity index (χ3n) is 3.19. The second-order valence-corrected chi connectivity index (χ2v) is 9.42. The van der Waals surface area contributed by atoms with Crippen molar-refractivity contribution in [3.63, 3.8) is 0 Å². The Hall–Kier alpha value is -0.850. The Morgan fingerprint density at radius 2 is 1.90 bits per heavy atom. The fourth-order valence-electron chi connectivity index (χ4n) is 2.00. The van der Waals surface area contributed by atoms with Crippen molar-refractivity contribution in [2.45, 2.75) is 31.1 Å². The second-order valence-electron chi connectivity index (χ2n) is 4.86. The molecule has 4 nitrogen and oxygen atoms in total. The summed E-state index contributed by atoms with van der Waals surface area (Å²) >= 11 is 5.79. The van der Waals surface area contributed by atoms with Crippen molar-refractivity contribution in [3.05, 3.63) is 29.3 Å². The number of hydrogen-bond donors (Lipinski definition) is 1. The molecule has 0 radical (unpaired) electrons. The van der Waals surface area contributed by atoms with Crippen LogP contribution in [0.25, 0.3) is 0 Å². The van der Waals surface area contributed by atoms with Gasteiger partial charge in [0.15, 0.2) is 9.84 Å². The summed E-state index contributed by atoms with van der Waals surface area (Å²) < 4.78 is 24.8. The fraction of sp³-hybridized carbons (Fsp3) is 0.429. The van der Waals surface area contributed by atoms with Crippen LogP contribution in [0.5, 0.6) is 0 Å². The van der Waals surface area contributed by atoms with Crippen LogP contribution < -0.4 is 0 Å². The normalized spacial score (nSPS) is 19.7. The van der Waals surface area contributed by atoms with Crippen molar-refractivity contribution >= 4 is 42.9 Å². The van der Waals surface area contributed by atoms with Crippen LogP contribution in [-0.2, 0) is 9.84 Å². The van der Waals surface area contributed by atoms with E-state index >= 15 is 0 Å². The smallest absolute Gasteiger partial charge is 0.184 e. The fourth-order valence-corrected chi connectivity index (χ4v) is 5.83. The van der Waals surface area contributed by atoms with Crippen LogP contribution in [-0.4, -0.2) is 30.5 Å². The molecule has 21 heavy (non-hydrogen) atoms. The molecule has 1 unspecified atom stereocenters. The minimum Gasteiger partial charge on any atom is -0.223 e. The highest BCUT2D eigenvalue weighted by atomic mass is 35.5. The van der Waals surface area contributed by atoms with E-state index in [1.54, 1.807) is 12.1 Å². The molecule has 0 saturated heterocycles. The van der Waals surface area contributed by atoms with Crippen LogP contribution in [0.2, 0.25) is 5.02 Å². The van der Waals surface area contributed by atoms with Gasteiger partial charge in [-0.05, 0) is 36.4 Å². The molecule has 1 atom stereocenters. The van der Waals surface area contributed by atoms with E-state index in [4.69, 9.17) is 11.6 Å². The van der Waals surface area contributed by atoms with Gasteiger partial charge in [0.25, 0.3) is 0 Å². The maximum atomic E-state index is 12.4. The molecular weight excluding hydrogens is 328 g/mol. The Labute approximate surface area is 133 Å². The first-order valence-electron chi connectivity index (χ1n) is 6.88. The molecule has 0 N–H and O–H groups in total. The number of rotatable bonds is 7. The number of sulfone groups is 1. The summed E-state index contributed by atoms with van der Waals surface area (Å²) in [7, 11) is -4.01. The number of halogens is 1. The summed E-state index contributed by atoms with van der Waals surface area (Å²) in [4.78, 5) is 0.282. The van der Waals surface area contributed by atoms with Crippen LogP contribution >= 0.6 is 22.5 Å². The lowest BCUT2D eigenvalue weighted by Gasteiger charge is -2.14. The first-order valence-corrected chi connectivity index (χ1v) is 10.5. The molecule has 1 aliphatic heterocycles. The van der Waals surface area contributed by atoms with Gasteiger partial charge in [-0.3, -0.25) is 0 Å². The number of benzene rings is 1. The average Bonchev–Trinajstić information content (AvgIpc) is 2.86. The summed E-state index contributed by atoms with van der Waals surface area (Å²) in [6, 6.07) is 6.25. The summed E-state index contributed by atoms with van der Waals surface area (Å²) in [5, 5.41) is 9.19. The van der Waals surface area contributed by atoms with Gasteiger partial charge in [-0.2, -0.15) is 16.0 Å². The van der Waals surface area contributed by atoms with E-state index in [1.165, 1.54) is 12.1 Å². The zero-order chi connectivity index (χ0) is 15.3. The van der Waals surface area contributed by atoms with Gasteiger partial charge in [-0.25, -0.2) is 8.42 Å². The lowest BCUT2D eigenvalue weighted by Crippen LogP contribution is -2.16. The van der Waals surface area contributed by atoms with Crippen LogP contribution in [0, 0.1) is 0 Å². The molecule has 0 aromatic heterocycles. The molecule has 1 aromatic rings. The van der Waals surface area contributed by atoms with E-state index in [0.29, 0.717) is 10.1 Å². The molecule has 1 aliphatic rings. The van der Waals surface area contributed by atoms with Crippen molar-refractivity contribution in [2.75, 3.05) is 11.5 Å². The highest BCUT2D eigenvalue weighted by molar-refractivity contribution is 8.40. The molecule has 0 bridgehead atoms. The van der Waals surface area contributed by atoms with E-state index in [9.17, 15) is 8.42 Å². The van der Waals surface area contributed by atoms with Gasteiger partial charge >= 0.3 is 0 Å². The Balaban J connectivity index is 2.04. The summed E-state index contributed by atoms with van der Waals surface area (Å²) in [6.45, 7) is 2.15. The van der Waals surface area contributed by atoms with Crippen LogP contribution in [0.4, 0.5) is 0 Å². The number of thiol groups is 1. The predicted octanol–water partition coefficient (Wildman–Crippen LogP) is 3.66. The van der Waals surface area contributed by atoms with Crippen molar-refractivity contribution in [3.8, 4) is 0 Å². The first-order chi connectivity index (χ1) is 10.0. The second kappa shape index (κ2) is 7.42. The Bertz CT molecular complexity index is 639. The molecule has 1 aromatic carbocycles. The Morgan fingerprint density at radius 1 is 1.19 bits per heavy atom. The van der Waals surface area contributed by atoms with E-state index in [0.717, 1.165) is 25.0 Å². The third kappa shape index (κ3) is 4.56.